The van der Waals surface area contributed by atoms with Gasteiger partial charge >= 0.3 is 6.72 Å². The highest BCUT2D eigenvalue weighted by Gasteiger charge is 2.37. The third-order valence-corrected chi connectivity index (χ3v) is 6.69. The Balaban J connectivity index is 1.32. The zero-order valence-corrected chi connectivity index (χ0v) is 17.5. The molecular formula is C16H24N5O6PS. The number of anilines is 1. The van der Waals surface area contributed by atoms with Crippen molar-refractivity contribution < 1.29 is 28.5 Å². The smallest absolute Gasteiger partial charge is 0.324 e. The monoisotopic (exact) mass is 445 g/mol. The first-order valence-electron chi connectivity index (χ1n) is 9.37. The van der Waals surface area contributed by atoms with E-state index in [9.17, 15) is 10.00 Å². The van der Waals surface area contributed by atoms with Gasteiger partial charge in [-0.1, -0.05) is 0 Å². The van der Waals surface area contributed by atoms with Crippen LogP contribution in [-0.2, 0) is 30.3 Å². The van der Waals surface area contributed by atoms with Gasteiger partial charge in [-0.15, -0.1) is 0 Å². The van der Waals surface area contributed by atoms with E-state index in [2.05, 4.69) is 15.0 Å². The molecule has 0 aromatic carbocycles. The molecule has 0 aliphatic carbocycles. The lowest BCUT2D eigenvalue weighted by Crippen LogP contribution is -2.22. The Morgan fingerprint density at radius 1 is 1.31 bits per heavy atom. The molecule has 2 saturated heterocycles. The average molecular weight is 445 g/mol. The van der Waals surface area contributed by atoms with E-state index < -0.39 is 12.8 Å². The maximum atomic E-state index is 10.4. The van der Waals surface area contributed by atoms with Crippen LogP contribution in [0.15, 0.2) is 12.7 Å². The van der Waals surface area contributed by atoms with Crippen LogP contribution in [-0.4, -0.2) is 67.1 Å². The van der Waals surface area contributed by atoms with Crippen molar-refractivity contribution >= 4 is 35.5 Å². The molecule has 2 aliphatic heterocycles. The molecule has 2 aromatic heterocycles. The summed E-state index contributed by atoms with van der Waals surface area (Å²) in [5.41, 5.74) is 6.96. The summed E-state index contributed by atoms with van der Waals surface area (Å²) in [5.74, 6) is 0.318. The number of hydrogen-bond acceptors (Lipinski definition) is 10. The van der Waals surface area contributed by atoms with Crippen LogP contribution in [0.5, 0.6) is 0 Å². The second-order valence-electron chi connectivity index (χ2n) is 7.16. The van der Waals surface area contributed by atoms with Crippen LogP contribution in [0.1, 0.15) is 32.4 Å². The number of nitrogen functional groups attached to an aromatic ring is 1. The number of imidazole rings is 1. The fourth-order valence-electron chi connectivity index (χ4n) is 3.62. The molecule has 160 valence electrons. The fraction of sp³-hybridized carbons (Fsp3) is 0.688. The Hall–Kier alpha value is -1.24. The van der Waals surface area contributed by atoms with Gasteiger partial charge in [0.1, 0.15) is 18.1 Å². The van der Waals surface area contributed by atoms with Gasteiger partial charge in [-0.05, 0) is 31.6 Å². The third kappa shape index (κ3) is 4.59. The first-order chi connectivity index (χ1) is 13.9. The predicted octanol–water partition coefficient (Wildman–Crippen LogP) is 0.874. The lowest BCUT2D eigenvalue weighted by molar-refractivity contribution is -0.0233. The molecule has 0 radical (unpaired) electrons. The Morgan fingerprint density at radius 3 is 2.90 bits per heavy atom. The van der Waals surface area contributed by atoms with Crippen LogP contribution in [0.2, 0.25) is 0 Å². The Labute approximate surface area is 172 Å². The summed E-state index contributed by atoms with van der Waals surface area (Å²) < 4.78 is 24.5. The van der Waals surface area contributed by atoms with Gasteiger partial charge in [-0.25, -0.2) is 15.0 Å². The van der Waals surface area contributed by atoms with Gasteiger partial charge in [0.05, 0.1) is 44.0 Å². The summed E-state index contributed by atoms with van der Waals surface area (Å²) in [4.78, 5) is 22.8. The van der Waals surface area contributed by atoms with E-state index in [0.717, 1.165) is 12.8 Å². The number of nitrogens with two attached hydrogens (primary N) is 1. The van der Waals surface area contributed by atoms with E-state index in [4.69, 9.17) is 36.1 Å². The van der Waals surface area contributed by atoms with Crippen LogP contribution in [0.3, 0.4) is 0 Å². The lowest BCUT2D eigenvalue weighted by atomic mass is 10.2. The molecule has 2 aliphatic rings. The number of nitrogens with zero attached hydrogens (tertiary/aromatic N) is 4. The average Bonchev–Trinajstić information content (AvgIpc) is 3.39. The van der Waals surface area contributed by atoms with Crippen LogP contribution < -0.4 is 5.73 Å². The minimum atomic E-state index is -3.46. The minimum absolute atomic E-state index is 0.101. The van der Waals surface area contributed by atoms with E-state index in [1.165, 1.54) is 6.33 Å². The van der Waals surface area contributed by atoms with Crippen molar-refractivity contribution in [2.75, 3.05) is 18.9 Å². The Morgan fingerprint density at radius 2 is 2.14 bits per heavy atom. The van der Waals surface area contributed by atoms with Gasteiger partial charge < -0.3 is 34.3 Å². The van der Waals surface area contributed by atoms with Gasteiger partial charge in [0, 0.05) is 6.42 Å². The van der Waals surface area contributed by atoms with Gasteiger partial charge in [-0.2, -0.15) is 0 Å². The van der Waals surface area contributed by atoms with Crippen molar-refractivity contribution in [3.63, 3.8) is 0 Å². The summed E-state index contributed by atoms with van der Waals surface area (Å²) in [6, 6.07) is 0. The zero-order chi connectivity index (χ0) is 20.6. The molecular weight excluding hydrogens is 421 g/mol. The van der Waals surface area contributed by atoms with Crippen LogP contribution in [0, 0.1) is 0 Å². The lowest BCUT2D eigenvalue weighted by Gasteiger charge is -2.23. The highest BCUT2D eigenvalue weighted by atomic mass is 32.5. The molecule has 2 fully saturated rings. The molecule has 1 unspecified atom stereocenters. The van der Waals surface area contributed by atoms with Crippen molar-refractivity contribution in [2.24, 2.45) is 0 Å². The summed E-state index contributed by atoms with van der Waals surface area (Å²) in [5, 5.41) is 9.20. The van der Waals surface area contributed by atoms with Crippen molar-refractivity contribution in [1.82, 2.24) is 19.5 Å². The summed E-state index contributed by atoms with van der Waals surface area (Å²) in [6.45, 7) is -1.64. The molecule has 0 amide bonds. The molecule has 4 rings (SSSR count). The molecule has 4 heterocycles. The summed E-state index contributed by atoms with van der Waals surface area (Å²) in [7, 11) is 0. The van der Waals surface area contributed by atoms with Crippen molar-refractivity contribution in [3.05, 3.63) is 12.7 Å². The van der Waals surface area contributed by atoms with Crippen molar-refractivity contribution in [1.29, 1.82) is 0 Å². The number of aromatic nitrogens is 4. The molecule has 29 heavy (non-hydrogen) atoms. The third-order valence-electron chi connectivity index (χ3n) is 5.10. The first-order valence-corrected chi connectivity index (χ1v) is 12.0. The molecule has 13 heteroatoms. The van der Waals surface area contributed by atoms with Gasteiger partial charge in [0.2, 0.25) is 0 Å². The van der Waals surface area contributed by atoms with E-state index in [1.807, 2.05) is 11.5 Å². The number of rotatable bonds is 7. The van der Waals surface area contributed by atoms with E-state index in [1.54, 1.807) is 6.33 Å². The predicted molar refractivity (Wildman–Crippen MR) is 106 cm³/mol. The second-order valence-corrected chi connectivity index (χ2v) is 9.95. The second kappa shape index (κ2) is 8.48. The number of ether oxygens (including phenoxy) is 2. The van der Waals surface area contributed by atoms with E-state index in [-0.39, 0.29) is 37.8 Å². The molecule has 4 N–H and O–H groups in total. The van der Waals surface area contributed by atoms with Crippen LogP contribution in [0.25, 0.3) is 11.2 Å². The fourth-order valence-corrected chi connectivity index (χ4v) is 5.15. The maximum absolute atomic E-state index is 10.4. The number of aliphatic hydroxyl groups is 1. The quantitative estimate of drug-likeness (QED) is 0.522. The highest BCUT2D eigenvalue weighted by Crippen LogP contribution is 2.48. The number of hydrogen-bond donors (Lipinski definition) is 3. The van der Waals surface area contributed by atoms with Crippen LogP contribution >= 0.6 is 6.72 Å². The van der Waals surface area contributed by atoms with E-state index >= 15 is 0 Å². The normalized spacial score (nSPS) is 32.0. The standard InChI is InChI=1S/C16H24N5O6PS/c1-9-12(4-11(5-22)25-9)27-28(23,29)24-6-10-2-3-13(26-10)21-8-20-14-15(17)18-7-19-16(14)21/h7-13,22H,2-6H2,1H3,(H,23,29)(H2,17,18,19)/t9-,10-,11-,12-,13+,28?/m0/s1. The molecule has 0 spiro atoms. The van der Waals surface area contributed by atoms with Crippen molar-refractivity contribution in [2.45, 2.75) is 56.8 Å². The number of aliphatic hydroxyl groups excluding tert-OH is 1. The van der Waals surface area contributed by atoms with Crippen molar-refractivity contribution in [3.8, 4) is 0 Å². The summed E-state index contributed by atoms with van der Waals surface area (Å²) >= 11 is 5.13. The molecule has 6 atom stereocenters. The molecule has 0 saturated carbocycles. The Kier molecular flexibility index (Phi) is 6.14. The zero-order valence-electron chi connectivity index (χ0n) is 15.8. The maximum Gasteiger partial charge on any atom is 0.324 e. The molecule has 11 nitrogen and oxygen atoms in total. The van der Waals surface area contributed by atoms with Crippen LogP contribution in [0.4, 0.5) is 5.82 Å². The summed E-state index contributed by atoms with van der Waals surface area (Å²) in [6.07, 6.45) is 3.39. The van der Waals surface area contributed by atoms with Gasteiger partial charge in [-0.3, -0.25) is 4.57 Å². The van der Waals surface area contributed by atoms with E-state index in [0.29, 0.717) is 23.4 Å². The molecule has 0 bridgehead atoms. The first kappa shape index (κ1) is 21.0. The van der Waals surface area contributed by atoms with Gasteiger partial charge in [0.25, 0.3) is 0 Å². The number of fused-ring (bicyclic) bond motifs is 1. The van der Waals surface area contributed by atoms with Gasteiger partial charge in [0.15, 0.2) is 11.5 Å². The Bertz CT molecular complexity index is 915. The topological polar surface area (TPSA) is 147 Å². The minimum Gasteiger partial charge on any atom is -0.394 e. The highest BCUT2D eigenvalue weighted by molar-refractivity contribution is 8.07. The molecule has 2 aromatic rings. The largest absolute Gasteiger partial charge is 0.394 e. The SMILES string of the molecule is C[C@@H]1O[C@H](CO)C[C@@H]1OP(O)(=S)OC[C@@H]1CC[C@H](n2cnc3c(N)ncnc32)O1.